The summed E-state index contributed by atoms with van der Waals surface area (Å²) in [5.74, 6) is 0.955. The lowest BCUT2D eigenvalue weighted by molar-refractivity contribution is 0.302. The molecule has 0 amide bonds. The maximum Gasteiger partial charge on any atom is 0.240 e. The van der Waals surface area contributed by atoms with Crippen LogP contribution in [0.25, 0.3) is 0 Å². The average molecular weight is 276 g/mol. The minimum atomic E-state index is -0.269. The predicted molar refractivity (Wildman–Crippen MR) is 75.6 cm³/mol. The van der Waals surface area contributed by atoms with Crippen LogP contribution in [-0.4, -0.2) is 11.6 Å². The highest BCUT2D eigenvalue weighted by atomic mass is 19.1. The Balaban J connectivity index is 2.18. The van der Waals surface area contributed by atoms with E-state index in [-0.39, 0.29) is 5.82 Å². The van der Waals surface area contributed by atoms with Gasteiger partial charge in [0.1, 0.15) is 11.6 Å². The third-order valence-corrected chi connectivity index (χ3v) is 2.66. The molecule has 0 atom stereocenters. The monoisotopic (exact) mass is 276 g/mol. The maximum atomic E-state index is 13.2. The van der Waals surface area contributed by atoms with E-state index in [9.17, 15) is 4.39 Å². The van der Waals surface area contributed by atoms with Gasteiger partial charge in [-0.2, -0.15) is 4.98 Å². The molecule has 2 N–H and O–H groups in total. The van der Waals surface area contributed by atoms with E-state index in [0.717, 1.165) is 6.42 Å². The molecule has 20 heavy (non-hydrogen) atoms. The largest absolute Gasteiger partial charge is 0.476 e. The number of benzene rings is 1. The van der Waals surface area contributed by atoms with Gasteiger partial charge in [0.2, 0.25) is 11.8 Å². The van der Waals surface area contributed by atoms with Gasteiger partial charge in [-0.3, -0.25) is 0 Å². The molecule has 0 unspecified atom stereocenters. The number of hydrogen-bond donors (Lipinski definition) is 1. The highest BCUT2D eigenvalue weighted by Crippen LogP contribution is 2.26. The van der Waals surface area contributed by atoms with E-state index in [1.807, 2.05) is 6.92 Å². The van der Waals surface area contributed by atoms with E-state index in [1.165, 1.54) is 6.07 Å². The summed E-state index contributed by atoms with van der Waals surface area (Å²) in [7, 11) is 0. The third-order valence-electron chi connectivity index (χ3n) is 2.66. The van der Waals surface area contributed by atoms with Gasteiger partial charge in [0, 0.05) is 6.07 Å². The average Bonchev–Trinajstić information content (AvgIpc) is 2.43. The fraction of sp³-hybridized carbons (Fsp3) is 0.267. The van der Waals surface area contributed by atoms with Crippen molar-refractivity contribution in [1.82, 2.24) is 4.98 Å². The Bertz CT molecular complexity index is 602. The molecular weight excluding hydrogens is 259 g/mol. The van der Waals surface area contributed by atoms with Crippen molar-refractivity contribution in [3.8, 4) is 17.5 Å². The van der Waals surface area contributed by atoms with Crippen LogP contribution in [0, 0.1) is 12.7 Å². The van der Waals surface area contributed by atoms with Crippen molar-refractivity contribution in [2.45, 2.75) is 20.3 Å². The van der Waals surface area contributed by atoms with E-state index in [1.54, 1.807) is 31.2 Å². The molecule has 2 rings (SSSR count). The number of nitrogens with two attached hydrogens (primary N) is 1. The number of nitrogens with zero attached hydrogens (tertiary/aromatic N) is 1. The zero-order valence-electron chi connectivity index (χ0n) is 11.5. The predicted octanol–water partition coefficient (Wildman–Crippen LogP) is 3.69. The number of halogens is 1. The standard InChI is InChI=1S/C15H17FN2O2/c1-3-8-19-15-13(17)6-7-14(18-15)20-11-4-5-12(16)10(2)9-11/h4-7,9H,3,8,17H2,1-2H3. The molecule has 2 aromatic rings. The second-order valence-corrected chi connectivity index (χ2v) is 4.41. The van der Waals surface area contributed by atoms with Crippen LogP contribution in [0.2, 0.25) is 0 Å². The van der Waals surface area contributed by atoms with Crippen LogP contribution in [0.3, 0.4) is 0 Å². The number of anilines is 1. The van der Waals surface area contributed by atoms with Gasteiger partial charge in [-0.15, -0.1) is 0 Å². The van der Waals surface area contributed by atoms with E-state index in [4.69, 9.17) is 15.2 Å². The SMILES string of the molecule is CCCOc1nc(Oc2ccc(F)c(C)c2)ccc1N. The summed E-state index contributed by atoms with van der Waals surface area (Å²) >= 11 is 0. The lowest BCUT2D eigenvalue weighted by Gasteiger charge is -2.10. The smallest absolute Gasteiger partial charge is 0.240 e. The van der Waals surface area contributed by atoms with E-state index in [0.29, 0.717) is 35.4 Å². The number of aromatic nitrogens is 1. The summed E-state index contributed by atoms with van der Waals surface area (Å²) in [6, 6.07) is 7.83. The first-order valence-electron chi connectivity index (χ1n) is 6.43. The number of nitrogen functional groups attached to an aromatic ring is 1. The zero-order valence-corrected chi connectivity index (χ0v) is 11.5. The van der Waals surface area contributed by atoms with Crippen molar-refractivity contribution in [1.29, 1.82) is 0 Å². The highest BCUT2D eigenvalue weighted by molar-refractivity contribution is 5.49. The molecule has 106 valence electrons. The molecule has 5 heteroatoms. The molecule has 1 aromatic heterocycles. The topological polar surface area (TPSA) is 57.4 Å². The second-order valence-electron chi connectivity index (χ2n) is 4.41. The van der Waals surface area contributed by atoms with Gasteiger partial charge in [0.25, 0.3) is 0 Å². The number of rotatable bonds is 5. The number of aryl methyl sites for hydroxylation is 1. The Kier molecular flexibility index (Phi) is 4.40. The Labute approximate surface area is 117 Å². The van der Waals surface area contributed by atoms with Crippen LogP contribution in [0.1, 0.15) is 18.9 Å². The van der Waals surface area contributed by atoms with Gasteiger partial charge in [0.05, 0.1) is 12.3 Å². The number of ether oxygens (including phenoxy) is 2. The van der Waals surface area contributed by atoms with Crippen molar-refractivity contribution in [3.63, 3.8) is 0 Å². The van der Waals surface area contributed by atoms with E-state index < -0.39 is 0 Å². The molecule has 0 radical (unpaired) electrons. The van der Waals surface area contributed by atoms with Gasteiger partial charge >= 0.3 is 0 Å². The molecule has 0 aliphatic heterocycles. The normalized spacial score (nSPS) is 10.3. The Morgan fingerprint density at radius 1 is 1.25 bits per heavy atom. The molecule has 4 nitrogen and oxygen atoms in total. The minimum absolute atomic E-state index is 0.269. The summed E-state index contributed by atoms with van der Waals surface area (Å²) in [5.41, 5.74) is 6.75. The summed E-state index contributed by atoms with van der Waals surface area (Å²) in [6.07, 6.45) is 0.864. The van der Waals surface area contributed by atoms with Crippen LogP contribution in [0.4, 0.5) is 10.1 Å². The van der Waals surface area contributed by atoms with Crippen molar-refractivity contribution in [2.24, 2.45) is 0 Å². The first kappa shape index (κ1) is 14.1. The van der Waals surface area contributed by atoms with E-state index in [2.05, 4.69) is 4.98 Å². The summed E-state index contributed by atoms with van der Waals surface area (Å²) in [4.78, 5) is 4.19. The fourth-order valence-electron chi connectivity index (χ4n) is 1.61. The lowest BCUT2D eigenvalue weighted by atomic mass is 10.2. The molecule has 0 saturated carbocycles. The van der Waals surface area contributed by atoms with E-state index >= 15 is 0 Å². The first-order chi connectivity index (χ1) is 9.60. The molecule has 1 aromatic carbocycles. The third kappa shape index (κ3) is 3.38. The van der Waals surface area contributed by atoms with Crippen molar-refractivity contribution in [2.75, 3.05) is 12.3 Å². The molecular formula is C15H17FN2O2. The Hall–Kier alpha value is -2.30. The molecule has 0 bridgehead atoms. The number of pyridine rings is 1. The molecule has 0 saturated heterocycles. The zero-order chi connectivity index (χ0) is 14.5. The van der Waals surface area contributed by atoms with Crippen molar-refractivity contribution >= 4 is 5.69 Å². The van der Waals surface area contributed by atoms with Gasteiger partial charge in [-0.05, 0) is 43.2 Å². The van der Waals surface area contributed by atoms with Crippen molar-refractivity contribution in [3.05, 3.63) is 41.7 Å². The summed E-state index contributed by atoms with van der Waals surface area (Å²) < 4.78 is 24.2. The van der Waals surface area contributed by atoms with Gasteiger partial charge in [-0.25, -0.2) is 4.39 Å². The fourth-order valence-corrected chi connectivity index (χ4v) is 1.61. The summed E-state index contributed by atoms with van der Waals surface area (Å²) in [6.45, 7) is 4.21. The van der Waals surface area contributed by atoms with Crippen LogP contribution in [0.15, 0.2) is 30.3 Å². The van der Waals surface area contributed by atoms with Gasteiger partial charge in [-0.1, -0.05) is 6.92 Å². The highest BCUT2D eigenvalue weighted by Gasteiger charge is 2.07. The minimum Gasteiger partial charge on any atom is -0.476 e. The van der Waals surface area contributed by atoms with Crippen molar-refractivity contribution < 1.29 is 13.9 Å². The number of hydrogen-bond acceptors (Lipinski definition) is 4. The second kappa shape index (κ2) is 6.23. The Morgan fingerprint density at radius 2 is 2.05 bits per heavy atom. The molecule has 0 spiro atoms. The van der Waals surface area contributed by atoms with Crippen LogP contribution >= 0.6 is 0 Å². The first-order valence-corrected chi connectivity index (χ1v) is 6.43. The quantitative estimate of drug-likeness (QED) is 0.904. The molecule has 1 heterocycles. The maximum absolute atomic E-state index is 13.2. The van der Waals surface area contributed by atoms with Gasteiger partial charge < -0.3 is 15.2 Å². The molecule has 0 aliphatic carbocycles. The van der Waals surface area contributed by atoms with Gasteiger partial charge in [0.15, 0.2) is 0 Å². The van der Waals surface area contributed by atoms with Crippen LogP contribution < -0.4 is 15.2 Å². The van der Waals surface area contributed by atoms with Crippen LogP contribution in [0.5, 0.6) is 17.5 Å². The Morgan fingerprint density at radius 3 is 2.75 bits per heavy atom. The molecule has 0 fully saturated rings. The molecule has 0 aliphatic rings. The van der Waals surface area contributed by atoms with Crippen LogP contribution in [-0.2, 0) is 0 Å². The lowest BCUT2D eigenvalue weighted by Crippen LogP contribution is -2.02. The summed E-state index contributed by atoms with van der Waals surface area (Å²) in [5, 5.41) is 0.